The van der Waals surface area contributed by atoms with Crippen LogP contribution in [-0.2, 0) is 16.0 Å². The fraction of sp³-hybridized carbons (Fsp3) is 0.714. The molecule has 6 nitrogen and oxygen atoms in total. The predicted octanol–water partition coefficient (Wildman–Crippen LogP) is 5.22. The van der Waals surface area contributed by atoms with Gasteiger partial charge in [-0.15, -0.1) is 0 Å². The summed E-state index contributed by atoms with van der Waals surface area (Å²) in [7, 11) is 0. The Hall–Kier alpha value is -2.08. The van der Waals surface area contributed by atoms with E-state index in [4.69, 9.17) is 5.73 Å². The molecule has 0 aliphatic carbocycles. The van der Waals surface area contributed by atoms with Crippen molar-refractivity contribution in [2.75, 3.05) is 13.1 Å². The van der Waals surface area contributed by atoms with Crippen molar-refractivity contribution in [2.24, 2.45) is 11.7 Å². The molecule has 5 N–H and O–H groups in total. The van der Waals surface area contributed by atoms with E-state index in [0.717, 1.165) is 82.7 Å². The monoisotopic (exact) mass is 475 g/mol. The van der Waals surface area contributed by atoms with Crippen molar-refractivity contribution in [1.29, 1.82) is 0 Å². The molecule has 1 aromatic rings. The summed E-state index contributed by atoms with van der Waals surface area (Å²) in [5, 5.41) is 15.6. The fourth-order valence-electron chi connectivity index (χ4n) is 4.11. The van der Waals surface area contributed by atoms with Crippen LogP contribution < -0.4 is 16.4 Å². The number of rotatable bonds is 20. The molecular formula is C28H49N3O3. The van der Waals surface area contributed by atoms with E-state index in [2.05, 4.69) is 24.5 Å². The molecule has 0 aliphatic rings. The van der Waals surface area contributed by atoms with Crippen LogP contribution in [0.15, 0.2) is 24.3 Å². The minimum absolute atomic E-state index is 0.0410. The molecule has 0 heterocycles. The molecule has 2 amide bonds. The van der Waals surface area contributed by atoms with E-state index in [-0.39, 0.29) is 23.5 Å². The summed E-state index contributed by atoms with van der Waals surface area (Å²) in [6, 6.07) is 6.75. The number of amides is 2. The number of nitrogens with two attached hydrogens (primary N) is 1. The molecule has 0 saturated heterocycles. The third kappa shape index (κ3) is 14.2. The van der Waals surface area contributed by atoms with Crippen LogP contribution in [0.3, 0.4) is 0 Å². The Bertz CT molecular complexity index is 663. The van der Waals surface area contributed by atoms with E-state index in [1.807, 2.05) is 12.1 Å². The molecule has 0 fully saturated rings. The molecule has 0 radical (unpaired) electrons. The van der Waals surface area contributed by atoms with Crippen molar-refractivity contribution in [3.63, 3.8) is 0 Å². The lowest BCUT2D eigenvalue weighted by atomic mass is 9.92. The maximum absolute atomic E-state index is 12.8. The number of aromatic hydroxyl groups is 1. The number of nitrogens with one attached hydrogen (secondary N) is 2. The minimum Gasteiger partial charge on any atom is -0.508 e. The van der Waals surface area contributed by atoms with E-state index in [9.17, 15) is 14.7 Å². The first-order valence-electron chi connectivity index (χ1n) is 13.6. The molecule has 1 rings (SSSR count). The van der Waals surface area contributed by atoms with Crippen LogP contribution in [0.2, 0.25) is 0 Å². The van der Waals surface area contributed by atoms with Gasteiger partial charge >= 0.3 is 0 Å². The van der Waals surface area contributed by atoms with Crippen molar-refractivity contribution in [3.05, 3.63) is 29.8 Å². The van der Waals surface area contributed by atoms with Gasteiger partial charge in [0.25, 0.3) is 0 Å². The molecule has 0 spiro atoms. The van der Waals surface area contributed by atoms with Crippen LogP contribution in [0, 0.1) is 5.92 Å². The largest absolute Gasteiger partial charge is 0.508 e. The highest BCUT2D eigenvalue weighted by Gasteiger charge is 2.18. The van der Waals surface area contributed by atoms with E-state index >= 15 is 0 Å². The van der Waals surface area contributed by atoms with Crippen LogP contribution in [-0.4, -0.2) is 36.1 Å². The van der Waals surface area contributed by atoms with Crippen LogP contribution in [0.4, 0.5) is 0 Å². The molecule has 194 valence electrons. The summed E-state index contributed by atoms with van der Waals surface area (Å²) in [6.07, 6.45) is 14.1. The van der Waals surface area contributed by atoms with Crippen molar-refractivity contribution in [2.45, 2.75) is 110 Å². The van der Waals surface area contributed by atoms with Crippen LogP contribution in [0.5, 0.6) is 5.75 Å². The van der Waals surface area contributed by atoms with Gasteiger partial charge in [0.1, 0.15) is 5.75 Å². The number of carbonyl (C=O) groups excluding carboxylic acids is 2. The highest BCUT2D eigenvalue weighted by Crippen LogP contribution is 2.19. The smallest absolute Gasteiger partial charge is 0.236 e. The van der Waals surface area contributed by atoms with Gasteiger partial charge in [0.15, 0.2) is 0 Å². The van der Waals surface area contributed by atoms with Gasteiger partial charge in [-0.25, -0.2) is 0 Å². The summed E-state index contributed by atoms with van der Waals surface area (Å²) < 4.78 is 0. The topological polar surface area (TPSA) is 104 Å². The lowest BCUT2D eigenvalue weighted by molar-refractivity contribution is -0.125. The average Bonchev–Trinajstić information content (AvgIpc) is 2.83. The summed E-state index contributed by atoms with van der Waals surface area (Å²) in [6.45, 7) is 5.73. The number of phenolic OH excluding ortho intramolecular Hbond substituents is 1. The average molecular weight is 476 g/mol. The Kier molecular flexibility index (Phi) is 17.0. The summed E-state index contributed by atoms with van der Waals surface area (Å²) in [4.78, 5) is 24.9. The molecule has 0 aromatic heterocycles. The maximum Gasteiger partial charge on any atom is 0.236 e. The van der Waals surface area contributed by atoms with Gasteiger partial charge in [-0.3, -0.25) is 9.59 Å². The zero-order valence-electron chi connectivity index (χ0n) is 21.6. The first kappa shape index (κ1) is 30.0. The highest BCUT2D eigenvalue weighted by molar-refractivity contribution is 5.81. The molecule has 6 heteroatoms. The van der Waals surface area contributed by atoms with Gasteiger partial charge in [0.05, 0.1) is 6.04 Å². The normalized spacial score (nSPS) is 12.8. The minimum atomic E-state index is -0.396. The van der Waals surface area contributed by atoms with Crippen molar-refractivity contribution in [1.82, 2.24) is 10.6 Å². The molecule has 0 saturated carbocycles. The molecule has 0 aliphatic heterocycles. The number of unbranched alkanes of at least 4 members (excludes halogenated alkanes) is 8. The third-order valence-corrected chi connectivity index (χ3v) is 6.35. The first-order chi connectivity index (χ1) is 16.5. The number of hydrogen-bond donors (Lipinski definition) is 4. The highest BCUT2D eigenvalue weighted by atomic mass is 16.3. The van der Waals surface area contributed by atoms with E-state index in [1.165, 1.54) is 12.8 Å². The predicted molar refractivity (Wildman–Crippen MR) is 141 cm³/mol. The van der Waals surface area contributed by atoms with Crippen molar-refractivity contribution >= 4 is 11.8 Å². The first-order valence-corrected chi connectivity index (χ1v) is 13.6. The van der Waals surface area contributed by atoms with Gasteiger partial charge in [-0.05, 0) is 49.8 Å². The maximum atomic E-state index is 12.8. The van der Waals surface area contributed by atoms with E-state index in [1.54, 1.807) is 12.1 Å². The zero-order valence-corrected chi connectivity index (χ0v) is 21.6. The summed E-state index contributed by atoms with van der Waals surface area (Å²) in [5.74, 6) is 0.279. The Balaban J connectivity index is 2.33. The molecule has 34 heavy (non-hydrogen) atoms. The van der Waals surface area contributed by atoms with E-state index in [0.29, 0.717) is 13.0 Å². The van der Waals surface area contributed by atoms with Crippen LogP contribution >= 0.6 is 0 Å². The van der Waals surface area contributed by atoms with Crippen molar-refractivity contribution in [3.8, 4) is 5.75 Å². The Morgan fingerprint density at radius 2 is 1.29 bits per heavy atom. The van der Waals surface area contributed by atoms with Gasteiger partial charge in [0, 0.05) is 19.0 Å². The van der Waals surface area contributed by atoms with E-state index < -0.39 is 6.04 Å². The number of carbonyl (C=O) groups is 2. The number of hydrogen-bond acceptors (Lipinski definition) is 4. The van der Waals surface area contributed by atoms with Crippen LogP contribution in [0.1, 0.15) is 103 Å². The molecule has 0 bridgehead atoms. The second kappa shape index (κ2) is 19.2. The Labute approximate surface area is 207 Å². The quantitative estimate of drug-likeness (QED) is 0.194. The molecule has 2 unspecified atom stereocenters. The lowest BCUT2D eigenvalue weighted by Gasteiger charge is -2.17. The SMILES string of the molecule is CCCCCCNC(=O)C(CCCCCCNC(=O)C(N)CCCCC)Cc1ccc(O)cc1. The standard InChI is InChI=1S/C28H49N3O3/c1-3-5-7-12-20-30-27(33)24(22-23-16-18-25(32)19-17-23)14-11-8-9-13-21-31-28(34)26(29)15-10-6-4-2/h16-19,24,26,32H,3-15,20-22,29H2,1-2H3,(H,30,33)(H,31,34). The van der Waals surface area contributed by atoms with Gasteiger partial charge in [0.2, 0.25) is 11.8 Å². The lowest BCUT2D eigenvalue weighted by Crippen LogP contribution is -2.40. The van der Waals surface area contributed by atoms with Gasteiger partial charge in [-0.1, -0.05) is 83.8 Å². The zero-order chi connectivity index (χ0) is 25.0. The second-order valence-corrected chi connectivity index (χ2v) is 9.52. The number of benzene rings is 1. The summed E-state index contributed by atoms with van der Waals surface area (Å²) in [5.41, 5.74) is 7.02. The van der Waals surface area contributed by atoms with Gasteiger partial charge < -0.3 is 21.5 Å². The number of phenols is 1. The molecule has 2 atom stereocenters. The Morgan fingerprint density at radius 3 is 1.94 bits per heavy atom. The molecular weight excluding hydrogens is 426 g/mol. The van der Waals surface area contributed by atoms with Gasteiger partial charge in [-0.2, -0.15) is 0 Å². The second-order valence-electron chi connectivity index (χ2n) is 9.52. The third-order valence-electron chi connectivity index (χ3n) is 6.35. The summed E-state index contributed by atoms with van der Waals surface area (Å²) >= 11 is 0. The van der Waals surface area contributed by atoms with Crippen molar-refractivity contribution < 1.29 is 14.7 Å². The fourth-order valence-corrected chi connectivity index (χ4v) is 4.11. The Morgan fingerprint density at radius 1 is 0.765 bits per heavy atom. The molecule has 1 aromatic carbocycles. The van der Waals surface area contributed by atoms with Crippen LogP contribution in [0.25, 0.3) is 0 Å².